The molecule has 0 atom stereocenters. The van der Waals surface area contributed by atoms with Crippen LogP contribution in [0.4, 0.5) is 5.69 Å². The van der Waals surface area contributed by atoms with Crippen LogP contribution in [-0.4, -0.2) is 42.4 Å². The van der Waals surface area contributed by atoms with Gasteiger partial charge in [-0.25, -0.2) is 0 Å². The van der Waals surface area contributed by atoms with Crippen LogP contribution < -0.4 is 5.32 Å². The van der Waals surface area contributed by atoms with Gasteiger partial charge >= 0.3 is 5.97 Å². The number of hydrogen-bond acceptors (Lipinski definition) is 5. The molecule has 0 aromatic heterocycles. The standard InChI is InChI=1S/C23H23N3O4/c1-17(27)26-12-10-23(11-13-26,19-7-3-2-4-8-19)22(29)30-16-21(28)25-20-9-5-6-18(14-20)15-24/h2-9,14H,10-13,16H2,1H3,(H,25,28). The highest BCUT2D eigenvalue weighted by atomic mass is 16.5. The summed E-state index contributed by atoms with van der Waals surface area (Å²) >= 11 is 0. The summed E-state index contributed by atoms with van der Waals surface area (Å²) in [5.41, 5.74) is 0.807. The van der Waals surface area contributed by atoms with Gasteiger partial charge in [0.2, 0.25) is 5.91 Å². The van der Waals surface area contributed by atoms with Crippen molar-refractivity contribution >= 4 is 23.5 Å². The van der Waals surface area contributed by atoms with E-state index in [0.717, 1.165) is 5.56 Å². The Morgan fingerprint density at radius 1 is 1.10 bits per heavy atom. The van der Waals surface area contributed by atoms with Gasteiger partial charge in [0.1, 0.15) is 0 Å². The van der Waals surface area contributed by atoms with Gasteiger partial charge < -0.3 is 15.0 Å². The maximum atomic E-state index is 13.1. The number of hydrogen-bond donors (Lipinski definition) is 1. The molecule has 0 saturated carbocycles. The second kappa shape index (κ2) is 9.23. The largest absolute Gasteiger partial charge is 0.455 e. The first-order valence-electron chi connectivity index (χ1n) is 9.73. The Kier molecular flexibility index (Phi) is 6.48. The summed E-state index contributed by atoms with van der Waals surface area (Å²) in [6.45, 7) is 1.99. The van der Waals surface area contributed by atoms with Gasteiger partial charge in [-0.05, 0) is 36.6 Å². The Hall–Kier alpha value is -3.66. The predicted octanol–water partition coefficient (Wildman–Crippen LogP) is 2.62. The summed E-state index contributed by atoms with van der Waals surface area (Å²) in [5.74, 6) is -0.982. The first-order chi connectivity index (χ1) is 14.4. The molecule has 3 rings (SSSR count). The third kappa shape index (κ3) is 4.66. The lowest BCUT2D eigenvalue weighted by molar-refractivity contribution is -0.156. The molecule has 1 aliphatic heterocycles. The lowest BCUT2D eigenvalue weighted by atomic mass is 9.72. The molecule has 2 amide bonds. The SMILES string of the molecule is CC(=O)N1CCC(C(=O)OCC(=O)Nc2cccc(C#N)c2)(c2ccccc2)CC1. The van der Waals surface area contributed by atoms with Gasteiger partial charge in [0, 0.05) is 25.7 Å². The molecule has 1 N–H and O–H groups in total. The number of nitrogens with zero attached hydrogens (tertiary/aromatic N) is 2. The molecule has 0 bridgehead atoms. The zero-order valence-electron chi connectivity index (χ0n) is 16.8. The van der Waals surface area contributed by atoms with Crippen molar-refractivity contribution in [1.29, 1.82) is 5.26 Å². The summed E-state index contributed by atoms with van der Waals surface area (Å²) in [5, 5.41) is 11.6. The van der Waals surface area contributed by atoms with E-state index in [1.165, 1.54) is 6.92 Å². The van der Waals surface area contributed by atoms with Crippen molar-refractivity contribution in [2.45, 2.75) is 25.2 Å². The van der Waals surface area contributed by atoms with Crippen LogP contribution in [0.25, 0.3) is 0 Å². The number of esters is 1. The highest BCUT2D eigenvalue weighted by molar-refractivity contribution is 5.94. The molecule has 0 aliphatic carbocycles. The van der Waals surface area contributed by atoms with Gasteiger partial charge in [-0.2, -0.15) is 5.26 Å². The highest BCUT2D eigenvalue weighted by Crippen LogP contribution is 2.37. The van der Waals surface area contributed by atoms with Gasteiger partial charge in [-0.15, -0.1) is 0 Å². The molecule has 1 saturated heterocycles. The molecule has 154 valence electrons. The van der Waals surface area contributed by atoms with Crippen LogP contribution >= 0.6 is 0 Å². The second-order valence-electron chi connectivity index (χ2n) is 7.27. The highest BCUT2D eigenvalue weighted by Gasteiger charge is 2.44. The van der Waals surface area contributed by atoms with Crippen LogP contribution in [0.15, 0.2) is 54.6 Å². The molecule has 2 aromatic carbocycles. The molecule has 1 fully saturated rings. The van der Waals surface area contributed by atoms with Crippen molar-refractivity contribution < 1.29 is 19.1 Å². The molecule has 1 heterocycles. The number of piperidine rings is 1. The number of carbonyl (C=O) groups excluding carboxylic acids is 3. The van der Waals surface area contributed by atoms with Crippen LogP contribution in [0, 0.1) is 11.3 Å². The van der Waals surface area contributed by atoms with Gasteiger partial charge in [0.15, 0.2) is 6.61 Å². The summed E-state index contributed by atoms with van der Waals surface area (Å²) in [6.07, 6.45) is 0.864. The van der Waals surface area contributed by atoms with Crippen molar-refractivity contribution in [3.8, 4) is 6.07 Å². The Bertz CT molecular complexity index is 973. The van der Waals surface area contributed by atoms with E-state index in [9.17, 15) is 14.4 Å². The zero-order chi connectivity index (χ0) is 21.6. The van der Waals surface area contributed by atoms with Crippen LogP contribution in [0.5, 0.6) is 0 Å². The van der Waals surface area contributed by atoms with E-state index < -0.39 is 23.9 Å². The zero-order valence-corrected chi connectivity index (χ0v) is 16.8. The van der Waals surface area contributed by atoms with Gasteiger partial charge in [-0.1, -0.05) is 36.4 Å². The van der Waals surface area contributed by atoms with Crippen LogP contribution in [0.1, 0.15) is 30.9 Å². The predicted molar refractivity (Wildman–Crippen MR) is 110 cm³/mol. The van der Waals surface area contributed by atoms with E-state index >= 15 is 0 Å². The summed E-state index contributed by atoms with van der Waals surface area (Å²) in [7, 11) is 0. The van der Waals surface area contributed by atoms with E-state index in [0.29, 0.717) is 37.2 Å². The van der Waals surface area contributed by atoms with Gasteiger partial charge in [-0.3, -0.25) is 14.4 Å². The molecule has 1 aliphatic rings. The third-order valence-corrected chi connectivity index (χ3v) is 5.39. The minimum Gasteiger partial charge on any atom is -0.455 e. The maximum absolute atomic E-state index is 13.1. The smallest absolute Gasteiger partial charge is 0.317 e. The van der Waals surface area contributed by atoms with Crippen molar-refractivity contribution in [3.63, 3.8) is 0 Å². The summed E-state index contributed by atoms with van der Waals surface area (Å²) in [6, 6.07) is 17.8. The van der Waals surface area contributed by atoms with Crippen molar-refractivity contribution in [1.82, 2.24) is 4.90 Å². The van der Waals surface area contributed by atoms with E-state index in [1.54, 1.807) is 29.2 Å². The minimum absolute atomic E-state index is 0.0241. The van der Waals surface area contributed by atoms with Gasteiger partial charge in [0.05, 0.1) is 17.0 Å². The first-order valence-corrected chi connectivity index (χ1v) is 9.73. The Balaban J connectivity index is 1.69. The Morgan fingerprint density at radius 3 is 2.43 bits per heavy atom. The first kappa shape index (κ1) is 21.1. The van der Waals surface area contributed by atoms with Crippen molar-refractivity contribution in [2.75, 3.05) is 25.0 Å². The lowest BCUT2D eigenvalue weighted by Crippen LogP contribution is -2.49. The lowest BCUT2D eigenvalue weighted by Gasteiger charge is -2.40. The number of nitrogens with one attached hydrogen (secondary N) is 1. The molecule has 0 spiro atoms. The molecular weight excluding hydrogens is 382 g/mol. The second-order valence-corrected chi connectivity index (χ2v) is 7.27. The number of carbonyl (C=O) groups is 3. The minimum atomic E-state index is -0.895. The fraction of sp³-hybridized carbons (Fsp3) is 0.304. The molecule has 7 heteroatoms. The third-order valence-electron chi connectivity index (χ3n) is 5.39. The van der Waals surface area contributed by atoms with E-state index in [4.69, 9.17) is 10.00 Å². The quantitative estimate of drug-likeness (QED) is 0.771. The Morgan fingerprint density at radius 2 is 1.80 bits per heavy atom. The number of rotatable bonds is 5. The van der Waals surface area contributed by atoms with Crippen molar-refractivity contribution in [2.24, 2.45) is 0 Å². The average Bonchev–Trinajstić information content (AvgIpc) is 2.78. The molecule has 30 heavy (non-hydrogen) atoms. The topological polar surface area (TPSA) is 99.5 Å². The average molecular weight is 405 g/mol. The number of nitriles is 1. The number of likely N-dealkylation sites (tertiary alicyclic amines) is 1. The monoisotopic (exact) mass is 405 g/mol. The Labute approximate surface area is 175 Å². The van der Waals surface area contributed by atoms with Crippen molar-refractivity contribution in [3.05, 3.63) is 65.7 Å². The van der Waals surface area contributed by atoms with Crippen LogP contribution in [-0.2, 0) is 24.5 Å². The van der Waals surface area contributed by atoms with Crippen LogP contribution in [0.3, 0.4) is 0 Å². The number of ether oxygens (including phenoxy) is 1. The molecule has 2 aromatic rings. The molecule has 7 nitrogen and oxygen atoms in total. The van der Waals surface area contributed by atoms with E-state index in [2.05, 4.69) is 5.32 Å². The number of anilines is 1. The van der Waals surface area contributed by atoms with Gasteiger partial charge in [0.25, 0.3) is 5.91 Å². The molecule has 0 radical (unpaired) electrons. The summed E-state index contributed by atoms with van der Waals surface area (Å²) < 4.78 is 5.41. The molecule has 0 unspecified atom stereocenters. The number of benzene rings is 2. The molecular formula is C23H23N3O4. The summed E-state index contributed by atoms with van der Waals surface area (Å²) in [4.78, 5) is 38.8. The normalized spacial score (nSPS) is 15.0. The van der Waals surface area contributed by atoms with E-state index in [1.807, 2.05) is 36.4 Å². The fourth-order valence-electron chi connectivity index (χ4n) is 3.70. The van der Waals surface area contributed by atoms with Crippen LogP contribution in [0.2, 0.25) is 0 Å². The maximum Gasteiger partial charge on any atom is 0.317 e. The fourth-order valence-corrected chi connectivity index (χ4v) is 3.70. The van der Waals surface area contributed by atoms with E-state index in [-0.39, 0.29) is 5.91 Å². The number of amides is 2.